The molecule has 2 atom stereocenters. The highest BCUT2D eigenvalue weighted by Crippen LogP contribution is 2.27. The molecular formula is C25H27Cl2N5O. The maximum absolute atomic E-state index is 10.8. The summed E-state index contributed by atoms with van der Waals surface area (Å²) in [5, 5.41) is 12.3. The minimum atomic E-state index is -0.401. The van der Waals surface area contributed by atoms with Gasteiger partial charge in [0.05, 0.1) is 17.8 Å². The van der Waals surface area contributed by atoms with Gasteiger partial charge in [0.15, 0.2) is 0 Å². The molecule has 3 aromatic rings. The van der Waals surface area contributed by atoms with Crippen LogP contribution in [0.2, 0.25) is 10.0 Å². The van der Waals surface area contributed by atoms with Gasteiger partial charge >= 0.3 is 0 Å². The van der Waals surface area contributed by atoms with Crippen LogP contribution >= 0.6 is 23.2 Å². The Labute approximate surface area is 204 Å². The highest BCUT2D eigenvalue weighted by molar-refractivity contribution is 6.30. The van der Waals surface area contributed by atoms with Crippen LogP contribution in [0.3, 0.4) is 0 Å². The summed E-state index contributed by atoms with van der Waals surface area (Å²) >= 11 is 12.0. The number of aliphatic hydroxyl groups excluding tert-OH is 1. The number of piperazine rings is 1. The van der Waals surface area contributed by atoms with Crippen LogP contribution in [0, 0.1) is 0 Å². The van der Waals surface area contributed by atoms with Gasteiger partial charge in [0.2, 0.25) is 0 Å². The van der Waals surface area contributed by atoms with Crippen LogP contribution in [-0.4, -0.2) is 76.3 Å². The van der Waals surface area contributed by atoms with Crippen LogP contribution in [-0.2, 0) is 6.54 Å². The van der Waals surface area contributed by atoms with Crippen molar-refractivity contribution in [3.05, 3.63) is 76.5 Å². The second-order valence-electron chi connectivity index (χ2n) is 8.75. The van der Waals surface area contributed by atoms with E-state index in [1.54, 1.807) is 6.33 Å². The lowest BCUT2D eigenvalue weighted by molar-refractivity contribution is 0.0424. The molecule has 0 radical (unpaired) electrons. The Bertz CT molecular complexity index is 1070. The molecule has 6 nitrogen and oxygen atoms in total. The van der Waals surface area contributed by atoms with Crippen molar-refractivity contribution in [3.63, 3.8) is 0 Å². The number of aliphatic hydroxyl groups is 1. The molecule has 1 N–H and O–H groups in total. The summed E-state index contributed by atoms with van der Waals surface area (Å²) < 4.78 is 0. The highest BCUT2D eigenvalue weighted by atomic mass is 35.5. The fourth-order valence-corrected chi connectivity index (χ4v) is 4.97. The molecular weight excluding hydrogens is 457 g/mol. The lowest BCUT2D eigenvalue weighted by Gasteiger charge is -2.38. The number of benzene rings is 2. The second kappa shape index (κ2) is 9.95. The van der Waals surface area contributed by atoms with E-state index in [2.05, 4.69) is 36.8 Å². The molecule has 2 fully saturated rings. The van der Waals surface area contributed by atoms with Gasteiger partial charge in [0, 0.05) is 67.5 Å². The lowest BCUT2D eigenvalue weighted by atomic mass is 10.1. The number of hydrogen-bond donors (Lipinski definition) is 1. The fourth-order valence-electron chi connectivity index (χ4n) is 4.71. The van der Waals surface area contributed by atoms with Gasteiger partial charge in [-0.15, -0.1) is 0 Å². The van der Waals surface area contributed by atoms with Crippen molar-refractivity contribution >= 4 is 29.0 Å². The number of rotatable bonds is 5. The van der Waals surface area contributed by atoms with E-state index in [1.165, 1.54) is 5.56 Å². The van der Waals surface area contributed by atoms with Crippen molar-refractivity contribution in [2.45, 2.75) is 18.7 Å². The van der Waals surface area contributed by atoms with E-state index < -0.39 is 6.10 Å². The lowest BCUT2D eigenvalue weighted by Crippen LogP contribution is -2.53. The molecule has 3 heterocycles. The Hall–Kier alpha value is -2.22. The molecule has 0 unspecified atom stereocenters. The summed E-state index contributed by atoms with van der Waals surface area (Å²) in [7, 11) is 0. The molecule has 2 aliphatic rings. The summed E-state index contributed by atoms with van der Waals surface area (Å²) in [4.78, 5) is 15.9. The SMILES string of the molecule is O[C@@H]1CN(c2cc(-c3ccc(Cl)cc3)ncn2)C[C@H]1N1CCN(Cc2ccc(Cl)cc2)CC1. The van der Waals surface area contributed by atoms with Crippen LogP contribution in [0.1, 0.15) is 5.56 Å². The minimum Gasteiger partial charge on any atom is -0.390 e. The normalized spacial score (nSPS) is 22.1. The quantitative estimate of drug-likeness (QED) is 0.595. The number of hydrogen-bond acceptors (Lipinski definition) is 6. The maximum atomic E-state index is 10.8. The standard InChI is InChI=1S/C25H27Cl2N5O/c26-20-5-1-18(2-6-20)14-30-9-11-31(12-10-30)23-15-32(16-24(23)33)25-13-22(28-17-29-25)19-3-7-21(27)8-4-19/h1-8,13,17,23-24,33H,9-12,14-16H2/t23-,24-/m1/s1. The van der Waals surface area contributed by atoms with Gasteiger partial charge in [0.1, 0.15) is 12.1 Å². The van der Waals surface area contributed by atoms with Crippen LogP contribution in [0.4, 0.5) is 5.82 Å². The Morgan fingerprint density at radius 3 is 2.21 bits per heavy atom. The van der Waals surface area contributed by atoms with Gasteiger partial charge < -0.3 is 10.0 Å². The van der Waals surface area contributed by atoms with Crippen LogP contribution < -0.4 is 4.90 Å². The predicted molar refractivity (Wildman–Crippen MR) is 133 cm³/mol. The van der Waals surface area contributed by atoms with Crippen molar-refractivity contribution in [3.8, 4) is 11.3 Å². The summed E-state index contributed by atoms with van der Waals surface area (Å²) in [5.41, 5.74) is 3.13. The van der Waals surface area contributed by atoms with Gasteiger partial charge in [-0.05, 0) is 29.8 Å². The first-order valence-electron chi connectivity index (χ1n) is 11.3. The molecule has 0 spiro atoms. The number of halogens is 2. The minimum absolute atomic E-state index is 0.108. The maximum Gasteiger partial charge on any atom is 0.132 e. The van der Waals surface area contributed by atoms with Crippen molar-refractivity contribution < 1.29 is 5.11 Å². The van der Waals surface area contributed by atoms with Crippen LogP contribution in [0.5, 0.6) is 0 Å². The predicted octanol–water partition coefficient (Wildman–Crippen LogP) is 3.82. The highest BCUT2D eigenvalue weighted by Gasteiger charge is 2.37. The molecule has 0 bridgehead atoms. The zero-order chi connectivity index (χ0) is 22.8. The van der Waals surface area contributed by atoms with E-state index in [0.717, 1.165) is 61.4 Å². The Morgan fingerprint density at radius 2 is 1.52 bits per heavy atom. The summed E-state index contributed by atoms with van der Waals surface area (Å²) in [6, 6.07) is 17.8. The fraction of sp³-hybridized carbons (Fsp3) is 0.360. The zero-order valence-corrected chi connectivity index (χ0v) is 19.8. The van der Waals surface area contributed by atoms with Gasteiger partial charge in [-0.2, -0.15) is 0 Å². The zero-order valence-electron chi connectivity index (χ0n) is 18.3. The average Bonchev–Trinajstić information content (AvgIpc) is 3.23. The van der Waals surface area contributed by atoms with Crippen LogP contribution in [0.15, 0.2) is 60.9 Å². The first-order valence-corrected chi connectivity index (χ1v) is 12.0. The molecule has 2 saturated heterocycles. The first-order chi connectivity index (χ1) is 16.0. The third-order valence-corrected chi connectivity index (χ3v) is 7.07. The van der Waals surface area contributed by atoms with E-state index >= 15 is 0 Å². The summed E-state index contributed by atoms with van der Waals surface area (Å²) in [5.74, 6) is 0.845. The second-order valence-corrected chi connectivity index (χ2v) is 9.62. The van der Waals surface area contributed by atoms with E-state index in [-0.39, 0.29) is 6.04 Å². The van der Waals surface area contributed by atoms with E-state index in [9.17, 15) is 5.11 Å². The van der Waals surface area contributed by atoms with E-state index in [0.29, 0.717) is 11.6 Å². The average molecular weight is 484 g/mol. The molecule has 33 heavy (non-hydrogen) atoms. The van der Waals surface area contributed by atoms with E-state index in [4.69, 9.17) is 23.2 Å². The smallest absolute Gasteiger partial charge is 0.132 e. The van der Waals surface area contributed by atoms with Gasteiger partial charge in [0.25, 0.3) is 0 Å². The van der Waals surface area contributed by atoms with Gasteiger partial charge in [-0.1, -0.05) is 47.5 Å². The third-order valence-electron chi connectivity index (χ3n) is 6.57. The monoisotopic (exact) mass is 483 g/mol. The Kier molecular flexibility index (Phi) is 6.81. The Balaban J connectivity index is 1.20. The molecule has 5 rings (SSSR count). The van der Waals surface area contributed by atoms with Crippen molar-refractivity contribution in [2.24, 2.45) is 0 Å². The largest absolute Gasteiger partial charge is 0.390 e. The van der Waals surface area contributed by atoms with Crippen molar-refractivity contribution in [1.82, 2.24) is 19.8 Å². The molecule has 1 aromatic heterocycles. The number of nitrogens with zero attached hydrogens (tertiary/aromatic N) is 5. The van der Waals surface area contributed by atoms with Gasteiger partial charge in [-0.25, -0.2) is 9.97 Å². The number of β-amino-alcohol motifs (C(OH)–C–C–N with tert-alkyl or cyclic N) is 1. The Morgan fingerprint density at radius 1 is 0.848 bits per heavy atom. The molecule has 0 aliphatic carbocycles. The number of aromatic nitrogens is 2. The molecule has 2 aromatic carbocycles. The third kappa shape index (κ3) is 5.31. The summed E-state index contributed by atoms with van der Waals surface area (Å²) in [6.45, 7) is 6.13. The summed E-state index contributed by atoms with van der Waals surface area (Å²) in [6.07, 6.45) is 1.19. The van der Waals surface area contributed by atoms with Crippen molar-refractivity contribution in [2.75, 3.05) is 44.2 Å². The van der Waals surface area contributed by atoms with E-state index in [1.807, 2.05) is 42.5 Å². The molecule has 2 aliphatic heterocycles. The van der Waals surface area contributed by atoms with Crippen LogP contribution in [0.25, 0.3) is 11.3 Å². The molecule has 0 saturated carbocycles. The number of anilines is 1. The van der Waals surface area contributed by atoms with Gasteiger partial charge in [-0.3, -0.25) is 9.80 Å². The molecule has 172 valence electrons. The first kappa shape index (κ1) is 22.6. The molecule has 8 heteroatoms. The molecule has 0 amide bonds. The van der Waals surface area contributed by atoms with Crippen molar-refractivity contribution in [1.29, 1.82) is 0 Å². The topological polar surface area (TPSA) is 55.7 Å².